The van der Waals surface area contributed by atoms with Gasteiger partial charge in [0.2, 0.25) is 0 Å². The third kappa shape index (κ3) is 3.15. The van der Waals surface area contributed by atoms with Gasteiger partial charge in [-0.3, -0.25) is 16.3 Å². The number of aromatic nitrogens is 3. The SMILES string of the molecule is CCCn1ccnc1CC(NN)c1ccncc1OC. The van der Waals surface area contributed by atoms with Gasteiger partial charge in [0.25, 0.3) is 0 Å². The van der Waals surface area contributed by atoms with E-state index in [2.05, 4.69) is 26.9 Å². The highest BCUT2D eigenvalue weighted by atomic mass is 16.5. The number of methoxy groups -OCH3 is 1. The van der Waals surface area contributed by atoms with Crippen molar-refractivity contribution < 1.29 is 4.74 Å². The second-order valence-corrected chi connectivity index (χ2v) is 4.58. The number of imidazole rings is 1. The quantitative estimate of drug-likeness (QED) is 0.590. The average molecular weight is 275 g/mol. The molecular weight excluding hydrogens is 254 g/mol. The molecule has 0 bridgehead atoms. The molecule has 1 unspecified atom stereocenters. The lowest BCUT2D eigenvalue weighted by Crippen LogP contribution is -2.30. The lowest BCUT2D eigenvalue weighted by Gasteiger charge is -2.19. The van der Waals surface area contributed by atoms with E-state index in [0.29, 0.717) is 6.42 Å². The standard InChI is InChI=1S/C14H21N5O/c1-3-7-19-8-6-17-14(19)9-12(18-15)11-4-5-16-10-13(11)20-2/h4-6,8,10,12,18H,3,7,9,15H2,1-2H3. The molecule has 6 nitrogen and oxygen atoms in total. The molecule has 2 heterocycles. The summed E-state index contributed by atoms with van der Waals surface area (Å²) >= 11 is 0. The Balaban J connectivity index is 2.22. The molecule has 0 saturated heterocycles. The fourth-order valence-electron chi connectivity index (χ4n) is 2.26. The Morgan fingerprint density at radius 1 is 1.45 bits per heavy atom. The molecule has 0 amide bonds. The first-order chi connectivity index (χ1) is 9.80. The zero-order valence-electron chi connectivity index (χ0n) is 11.9. The highest BCUT2D eigenvalue weighted by molar-refractivity contribution is 5.33. The number of rotatable bonds is 7. The van der Waals surface area contributed by atoms with Crippen LogP contribution in [0.1, 0.15) is 30.8 Å². The van der Waals surface area contributed by atoms with Gasteiger partial charge in [-0.05, 0) is 12.5 Å². The van der Waals surface area contributed by atoms with Crippen LogP contribution in [0.4, 0.5) is 0 Å². The Labute approximate surface area is 119 Å². The number of ether oxygens (including phenoxy) is 1. The van der Waals surface area contributed by atoms with E-state index in [1.165, 1.54) is 0 Å². The number of nitrogens with one attached hydrogen (secondary N) is 1. The van der Waals surface area contributed by atoms with Crippen molar-refractivity contribution in [2.24, 2.45) is 5.84 Å². The Morgan fingerprint density at radius 3 is 3.00 bits per heavy atom. The minimum Gasteiger partial charge on any atom is -0.495 e. The molecule has 0 radical (unpaired) electrons. The van der Waals surface area contributed by atoms with E-state index in [4.69, 9.17) is 10.6 Å². The van der Waals surface area contributed by atoms with Crippen LogP contribution in [0.5, 0.6) is 5.75 Å². The van der Waals surface area contributed by atoms with Crippen molar-refractivity contribution >= 4 is 0 Å². The molecule has 108 valence electrons. The Kier molecular flexibility index (Phi) is 5.09. The number of nitrogens with zero attached hydrogens (tertiary/aromatic N) is 3. The van der Waals surface area contributed by atoms with Gasteiger partial charge in [0.1, 0.15) is 11.6 Å². The normalized spacial score (nSPS) is 12.3. The van der Waals surface area contributed by atoms with Gasteiger partial charge >= 0.3 is 0 Å². The van der Waals surface area contributed by atoms with Gasteiger partial charge in [0.05, 0.1) is 19.3 Å². The molecule has 20 heavy (non-hydrogen) atoms. The molecule has 6 heteroatoms. The molecule has 3 N–H and O–H groups in total. The van der Waals surface area contributed by atoms with Gasteiger partial charge in [0, 0.05) is 37.1 Å². The van der Waals surface area contributed by atoms with Gasteiger partial charge in [-0.2, -0.15) is 0 Å². The van der Waals surface area contributed by atoms with E-state index in [-0.39, 0.29) is 6.04 Å². The third-order valence-electron chi connectivity index (χ3n) is 3.27. The Hall–Kier alpha value is -1.92. The first kappa shape index (κ1) is 14.5. The summed E-state index contributed by atoms with van der Waals surface area (Å²) in [5.74, 6) is 7.44. The molecule has 0 aromatic carbocycles. The summed E-state index contributed by atoms with van der Waals surface area (Å²) in [6, 6.07) is 1.85. The van der Waals surface area contributed by atoms with Crippen LogP contribution in [0.25, 0.3) is 0 Å². The van der Waals surface area contributed by atoms with Crippen LogP contribution >= 0.6 is 0 Å². The number of hydrogen-bond acceptors (Lipinski definition) is 5. The highest BCUT2D eigenvalue weighted by Gasteiger charge is 2.17. The van der Waals surface area contributed by atoms with Crippen molar-refractivity contribution in [1.29, 1.82) is 0 Å². The molecule has 0 aliphatic carbocycles. The zero-order valence-corrected chi connectivity index (χ0v) is 11.9. The second-order valence-electron chi connectivity index (χ2n) is 4.58. The zero-order chi connectivity index (χ0) is 14.4. The Bertz CT molecular complexity index is 540. The van der Waals surface area contributed by atoms with E-state index in [1.807, 2.05) is 18.5 Å². The van der Waals surface area contributed by atoms with Gasteiger partial charge in [-0.1, -0.05) is 6.92 Å². The predicted molar refractivity (Wildman–Crippen MR) is 77.1 cm³/mol. The summed E-state index contributed by atoms with van der Waals surface area (Å²) in [5, 5.41) is 0. The number of pyridine rings is 1. The maximum absolute atomic E-state index is 5.71. The predicted octanol–water partition coefficient (Wildman–Crippen LogP) is 1.44. The molecule has 2 aromatic rings. The fourth-order valence-corrected chi connectivity index (χ4v) is 2.26. The van der Waals surface area contributed by atoms with Gasteiger partial charge in [0.15, 0.2) is 0 Å². The minimum atomic E-state index is -0.0639. The van der Waals surface area contributed by atoms with Gasteiger partial charge < -0.3 is 9.30 Å². The van der Waals surface area contributed by atoms with E-state index in [1.54, 1.807) is 19.5 Å². The highest BCUT2D eigenvalue weighted by Crippen LogP contribution is 2.25. The lowest BCUT2D eigenvalue weighted by molar-refractivity contribution is 0.395. The maximum atomic E-state index is 5.71. The first-order valence-corrected chi connectivity index (χ1v) is 6.74. The van der Waals surface area contributed by atoms with Crippen LogP contribution in [0.2, 0.25) is 0 Å². The third-order valence-corrected chi connectivity index (χ3v) is 3.27. The minimum absolute atomic E-state index is 0.0639. The first-order valence-electron chi connectivity index (χ1n) is 6.74. The number of hydrogen-bond donors (Lipinski definition) is 2. The van der Waals surface area contributed by atoms with Crippen molar-refractivity contribution in [1.82, 2.24) is 20.0 Å². The van der Waals surface area contributed by atoms with Gasteiger partial charge in [-0.25, -0.2) is 4.98 Å². The van der Waals surface area contributed by atoms with Crippen LogP contribution < -0.4 is 16.0 Å². The van der Waals surface area contributed by atoms with Crippen LogP contribution in [-0.4, -0.2) is 21.6 Å². The van der Waals surface area contributed by atoms with Crippen LogP contribution in [-0.2, 0) is 13.0 Å². The largest absolute Gasteiger partial charge is 0.495 e. The smallest absolute Gasteiger partial charge is 0.141 e. The summed E-state index contributed by atoms with van der Waals surface area (Å²) in [4.78, 5) is 8.48. The summed E-state index contributed by atoms with van der Waals surface area (Å²) in [5.41, 5.74) is 3.82. The van der Waals surface area contributed by atoms with Crippen LogP contribution in [0, 0.1) is 0 Å². The Morgan fingerprint density at radius 2 is 2.30 bits per heavy atom. The van der Waals surface area contributed by atoms with Crippen molar-refractivity contribution in [2.45, 2.75) is 32.4 Å². The lowest BCUT2D eigenvalue weighted by atomic mass is 10.0. The molecule has 1 atom stereocenters. The van der Waals surface area contributed by atoms with Crippen molar-refractivity contribution in [3.05, 3.63) is 42.2 Å². The molecule has 0 aliphatic heterocycles. The van der Waals surface area contributed by atoms with E-state index in [9.17, 15) is 0 Å². The molecule has 2 rings (SSSR count). The number of hydrazine groups is 1. The fraction of sp³-hybridized carbons (Fsp3) is 0.429. The molecule has 2 aromatic heterocycles. The molecule has 0 fully saturated rings. The van der Waals surface area contributed by atoms with Crippen molar-refractivity contribution in [3.63, 3.8) is 0 Å². The van der Waals surface area contributed by atoms with Gasteiger partial charge in [-0.15, -0.1) is 0 Å². The van der Waals surface area contributed by atoms with Crippen LogP contribution in [0.15, 0.2) is 30.9 Å². The monoisotopic (exact) mass is 275 g/mol. The maximum Gasteiger partial charge on any atom is 0.141 e. The summed E-state index contributed by atoms with van der Waals surface area (Å²) in [6.07, 6.45) is 9.02. The van der Waals surface area contributed by atoms with E-state index >= 15 is 0 Å². The average Bonchev–Trinajstić information content (AvgIpc) is 2.92. The second kappa shape index (κ2) is 7.02. The summed E-state index contributed by atoms with van der Waals surface area (Å²) in [6.45, 7) is 3.11. The van der Waals surface area contributed by atoms with Crippen LogP contribution in [0.3, 0.4) is 0 Å². The number of aryl methyl sites for hydroxylation is 1. The van der Waals surface area contributed by atoms with E-state index in [0.717, 1.165) is 30.1 Å². The summed E-state index contributed by atoms with van der Waals surface area (Å²) in [7, 11) is 1.63. The number of nitrogens with two attached hydrogens (primary N) is 1. The molecule has 0 aliphatic rings. The van der Waals surface area contributed by atoms with Crippen molar-refractivity contribution in [3.8, 4) is 5.75 Å². The van der Waals surface area contributed by atoms with E-state index < -0.39 is 0 Å². The molecular formula is C14H21N5O. The summed E-state index contributed by atoms with van der Waals surface area (Å²) < 4.78 is 7.49. The topological polar surface area (TPSA) is 78.0 Å². The molecule has 0 saturated carbocycles. The molecule has 0 spiro atoms. The van der Waals surface area contributed by atoms with Crippen molar-refractivity contribution in [2.75, 3.05) is 7.11 Å².